The molecule has 3 heterocycles. The maximum Gasteiger partial charge on any atom is 0.226 e. The molecule has 2 N–H and O–H groups in total. The standard InChI is InChI=1S/C16H17ClN4O3/c1-22-12-6-10(17)9-5-13(12)24-15-7-14(19-16(18)20-15)21-3-2-4-23-8-11(9)21/h5-7,11H,2-4,8H2,1H3,(H2,18,19,20)/t11-/m1/s1. The molecule has 0 radical (unpaired) electrons. The molecule has 2 aliphatic rings. The second kappa shape index (κ2) is 5.99. The summed E-state index contributed by atoms with van der Waals surface area (Å²) in [6.07, 6.45) is 0.886. The van der Waals surface area contributed by atoms with E-state index < -0.39 is 0 Å². The van der Waals surface area contributed by atoms with Gasteiger partial charge in [0, 0.05) is 30.3 Å². The van der Waals surface area contributed by atoms with Crippen molar-refractivity contribution >= 4 is 23.4 Å². The third kappa shape index (κ3) is 2.59. The van der Waals surface area contributed by atoms with Crippen LogP contribution in [0.4, 0.5) is 11.8 Å². The predicted molar refractivity (Wildman–Crippen MR) is 90.0 cm³/mol. The monoisotopic (exact) mass is 348 g/mol. The van der Waals surface area contributed by atoms with Crippen molar-refractivity contribution in [2.24, 2.45) is 0 Å². The Labute approximate surface area is 144 Å². The number of aromatic nitrogens is 2. The lowest BCUT2D eigenvalue weighted by molar-refractivity contribution is 0.134. The highest BCUT2D eigenvalue weighted by atomic mass is 35.5. The highest BCUT2D eigenvalue weighted by Crippen LogP contribution is 2.43. The van der Waals surface area contributed by atoms with Crippen LogP contribution in [0.25, 0.3) is 0 Å². The van der Waals surface area contributed by atoms with E-state index in [-0.39, 0.29) is 12.0 Å². The van der Waals surface area contributed by atoms with Crippen LogP contribution in [0.2, 0.25) is 5.02 Å². The van der Waals surface area contributed by atoms with E-state index in [4.69, 9.17) is 31.5 Å². The first kappa shape index (κ1) is 15.3. The number of anilines is 2. The van der Waals surface area contributed by atoms with E-state index in [0.717, 1.165) is 18.5 Å². The Morgan fingerprint density at radius 3 is 3.04 bits per heavy atom. The topological polar surface area (TPSA) is 82.7 Å². The van der Waals surface area contributed by atoms with E-state index in [2.05, 4.69) is 14.9 Å². The number of fused-ring (bicyclic) bond motifs is 7. The van der Waals surface area contributed by atoms with Crippen molar-refractivity contribution in [2.45, 2.75) is 12.5 Å². The van der Waals surface area contributed by atoms with Gasteiger partial charge < -0.3 is 24.8 Å². The van der Waals surface area contributed by atoms with Crippen LogP contribution in [0, 0.1) is 0 Å². The van der Waals surface area contributed by atoms with Crippen molar-refractivity contribution in [3.05, 3.63) is 28.8 Å². The highest BCUT2D eigenvalue weighted by Gasteiger charge is 2.30. The summed E-state index contributed by atoms with van der Waals surface area (Å²) in [5, 5.41) is 0.593. The number of benzene rings is 1. The van der Waals surface area contributed by atoms with Crippen LogP contribution in [0.1, 0.15) is 18.0 Å². The van der Waals surface area contributed by atoms with Crippen molar-refractivity contribution in [2.75, 3.05) is 37.5 Å². The van der Waals surface area contributed by atoms with Crippen molar-refractivity contribution in [3.63, 3.8) is 0 Å². The maximum absolute atomic E-state index is 6.51. The van der Waals surface area contributed by atoms with Crippen LogP contribution in [0.15, 0.2) is 18.2 Å². The maximum atomic E-state index is 6.51. The van der Waals surface area contributed by atoms with Gasteiger partial charge in [-0.25, -0.2) is 0 Å². The minimum atomic E-state index is -0.0893. The van der Waals surface area contributed by atoms with Gasteiger partial charge in [0.1, 0.15) is 5.82 Å². The largest absolute Gasteiger partial charge is 0.493 e. The van der Waals surface area contributed by atoms with E-state index in [1.54, 1.807) is 19.2 Å². The molecule has 0 amide bonds. The number of nitrogen functional groups attached to an aromatic ring is 1. The second-order valence-electron chi connectivity index (χ2n) is 5.69. The van der Waals surface area contributed by atoms with Crippen LogP contribution in [-0.2, 0) is 4.74 Å². The van der Waals surface area contributed by atoms with Gasteiger partial charge in [-0.05, 0) is 18.1 Å². The number of ether oxygens (including phenoxy) is 3. The Morgan fingerprint density at radius 1 is 1.33 bits per heavy atom. The van der Waals surface area contributed by atoms with Gasteiger partial charge >= 0.3 is 0 Å². The molecular formula is C16H17ClN4O3. The molecule has 7 nitrogen and oxygen atoms in total. The summed E-state index contributed by atoms with van der Waals surface area (Å²) in [4.78, 5) is 10.7. The lowest BCUT2D eigenvalue weighted by Crippen LogP contribution is -2.31. The fourth-order valence-corrected chi connectivity index (χ4v) is 3.38. The summed E-state index contributed by atoms with van der Waals surface area (Å²) in [6, 6.07) is 5.31. The average Bonchev–Trinajstić information content (AvgIpc) is 2.79. The van der Waals surface area contributed by atoms with Gasteiger partial charge in [0.25, 0.3) is 0 Å². The number of hydrogen-bond donors (Lipinski definition) is 1. The number of halogens is 1. The lowest BCUT2D eigenvalue weighted by Gasteiger charge is -2.30. The molecule has 126 valence electrons. The average molecular weight is 349 g/mol. The van der Waals surface area contributed by atoms with E-state index in [1.807, 2.05) is 6.07 Å². The predicted octanol–water partition coefficient (Wildman–Crippen LogP) is 2.79. The molecule has 0 aliphatic carbocycles. The summed E-state index contributed by atoms with van der Waals surface area (Å²) >= 11 is 6.51. The molecular weight excluding hydrogens is 332 g/mol. The smallest absolute Gasteiger partial charge is 0.226 e. The fourth-order valence-electron chi connectivity index (χ4n) is 3.10. The van der Waals surface area contributed by atoms with Crippen LogP contribution in [0.3, 0.4) is 0 Å². The van der Waals surface area contributed by atoms with Crippen LogP contribution in [-0.4, -0.2) is 36.8 Å². The molecule has 0 spiro atoms. The Bertz CT molecular complexity index is 786. The second-order valence-corrected chi connectivity index (χ2v) is 6.09. The van der Waals surface area contributed by atoms with E-state index in [9.17, 15) is 0 Å². The van der Waals surface area contributed by atoms with Gasteiger partial charge in [0.15, 0.2) is 11.5 Å². The molecule has 4 rings (SSSR count). The van der Waals surface area contributed by atoms with Gasteiger partial charge in [-0.15, -0.1) is 0 Å². The summed E-state index contributed by atoms with van der Waals surface area (Å²) in [6.45, 7) is 1.97. The Hall–Kier alpha value is -2.25. The normalized spacial score (nSPS) is 19.2. The number of rotatable bonds is 1. The minimum absolute atomic E-state index is 0.0893. The zero-order valence-electron chi connectivity index (χ0n) is 13.2. The Kier molecular flexibility index (Phi) is 3.82. The summed E-state index contributed by atoms with van der Waals surface area (Å²) in [5.41, 5.74) is 6.77. The van der Waals surface area contributed by atoms with Crippen molar-refractivity contribution in [3.8, 4) is 17.4 Å². The van der Waals surface area contributed by atoms with Gasteiger partial charge in [0.05, 0.1) is 19.8 Å². The quantitative estimate of drug-likeness (QED) is 0.848. The number of hydrogen-bond acceptors (Lipinski definition) is 7. The fraction of sp³-hybridized carbons (Fsp3) is 0.375. The molecule has 24 heavy (non-hydrogen) atoms. The number of nitrogens with two attached hydrogens (primary N) is 1. The zero-order valence-corrected chi connectivity index (χ0v) is 13.9. The number of nitrogens with zero attached hydrogens (tertiary/aromatic N) is 3. The molecule has 2 aromatic rings. The molecule has 1 aromatic heterocycles. The van der Waals surface area contributed by atoms with E-state index in [0.29, 0.717) is 41.4 Å². The Morgan fingerprint density at radius 2 is 2.21 bits per heavy atom. The van der Waals surface area contributed by atoms with Crippen LogP contribution >= 0.6 is 11.6 Å². The zero-order chi connectivity index (χ0) is 16.7. The molecule has 2 aliphatic heterocycles. The van der Waals surface area contributed by atoms with Crippen molar-refractivity contribution in [1.82, 2.24) is 9.97 Å². The molecule has 8 heteroatoms. The van der Waals surface area contributed by atoms with Gasteiger partial charge in [-0.3, -0.25) is 0 Å². The summed E-state index contributed by atoms with van der Waals surface area (Å²) < 4.78 is 17.0. The molecule has 1 fully saturated rings. The molecule has 1 saturated heterocycles. The molecule has 0 unspecified atom stereocenters. The third-order valence-electron chi connectivity index (χ3n) is 4.20. The summed E-state index contributed by atoms with van der Waals surface area (Å²) in [7, 11) is 1.57. The Balaban J connectivity index is 1.95. The first-order chi connectivity index (χ1) is 11.7. The van der Waals surface area contributed by atoms with Crippen molar-refractivity contribution in [1.29, 1.82) is 0 Å². The molecule has 1 atom stereocenters. The first-order valence-electron chi connectivity index (χ1n) is 7.70. The van der Waals surface area contributed by atoms with Crippen LogP contribution in [0.5, 0.6) is 17.4 Å². The molecule has 1 aromatic carbocycles. The summed E-state index contributed by atoms with van der Waals surface area (Å²) in [5.74, 6) is 2.30. The molecule has 4 bridgehead atoms. The first-order valence-corrected chi connectivity index (χ1v) is 8.08. The SMILES string of the molecule is COc1cc(Cl)c2cc1Oc1cc(nc(N)n1)N1CCCOC[C@H]21. The van der Waals surface area contributed by atoms with Crippen LogP contribution < -0.4 is 20.1 Å². The van der Waals surface area contributed by atoms with Crippen molar-refractivity contribution < 1.29 is 14.2 Å². The van der Waals surface area contributed by atoms with Gasteiger partial charge in [-0.1, -0.05) is 11.6 Å². The van der Waals surface area contributed by atoms with E-state index >= 15 is 0 Å². The third-order valence-corrected chi connectivity index (χ3v) is 4.52. The highest BCUT2D eigenvalue weighted by molar-refractivity contribution is 6.31. The molecule has 0 saturated carbocycles. The number of methoxy groups -OCH3 is 1. The lowest BCUT2D eigenvalue weighted by atomic mass is 10.0. The van der Waals surface area contributed by atoms with Gasteiger partial charge in [-0.2, -0.15) is 9.97 Å². The van der Waals surface area contributed by atoms with Gasteiger partial charge in [0.2, 0.25) is 11.8 Å². The minimum Gasteiger partial charge on any atom is -0.493 e. The van der Waals surface area contributed by atoms with E-state index in [1.165, 1.54) is 0 Å².